The molecule has 3 N–H and O–H groups in total. The molecule has 10 nitrogen and oxygen atoms in total. The van der Waals surface area contributed by atoms with Gasteiger partial charge in [-0.25, -0.2) is 9.78 Å². The number of aromatic nitrogens is 1. The summed E-state index contributed by atoms with van der Waals surface area (Å²) < 4.78 is 24.5. The summed E-state index contributed by atoms with van der Waals surface area (Å²) in [5.41, 5.74) is 8.36. The van der Waals surface area contributed by atoms with Crippen LogP contribution in [0, 0.1) is 0 Å². The van der Waals surface area contributed by atoms with E-state index in [4.69, 9.17) is 23.6 Å². The lowest BCUT2D eigenvalue weighted by Gasteiger charge is -2.36. The second kappa shape index (κ2) is 18.7. The van der Waals surface area contributed by atoms with Crippen molar-refractivity contribution in [3.63, 3.8) is 0 Å². The zero-order valence-electron chi connectivity index (χ0n) is 30.9. The van der Waals surface area contributed by atoms with E-state index in [1.165, 1.54) is 11.8 Å². The molecule has 0 saturated carbocycles. The van der Waals surface area contributed by atoms with Crippen molar-refractivity contribution in [3.05, 3.63) is 156 Å². The summed E-state index contributed by atoms with van der Waals surface area (Å²) in [7, 11) is 0. The molecular formula is C45H43N3O7S. The van der Waals surface area contributed by atoms with Crippen LogP contribution in [0.2, 0.25) is 0 Å². The molecule has 6 aromatic rings. The lowest BCUT2D eigenvalue weighted by atomic mass is 9.99. The number of ether oxygens (including phenoxy) is 3. The van der Waals surface area contributed by atoms with Crippen molar-refractivity contribution in [1.29, 1.82) is 0 Å². The molecule has 56 heavy (non-hydrogen) atoms. The minimum absolute atomic E-state index is 0.0267. The highest BCUT2D eigenvalue weighted by Gasteiger charge is 2.33. The third-order valence-corrected chi connectivity index (χ3v) is 10.3. The summed E-state index contributed by atoms with van der Waals surface area (Å²) in [4.78, 5) is 28.7. The number of carbonyl (C=O) groups is 2. The predicted molar refractivity (Wildman–Crippen MR) is 215 cm³/mol. The maximum atomic E-state index is 12.2. The number of rotatable bonds is 14. The van der Waals surface area contributed by atoms with Crippen LogP contribution in [0.25, 0.3) is 33.7 Å². The maximum absolute atomic E-state index is 12.2. The highest BCUT2D eigenvalue weighted by molar-refractivity contribution is 7.99. The van der Waals surface area contributed by atoms with Crippen LogP contribution in [-0.2, 0) is 32.2 Å². The van der Waals surface area contributed by atoms with Gasteiger partial charge in [-0.3, -0.25) is 4.79 Å². The van der Waals surface area contributed by atoms with E-state index in [1.54, 1.807) is 6.92 Å². The van der Waals surface area contributed by atoms with Crippen LogP contribution >= 0.6 is 11.8 Å². The molecule has 3 atom stereocenters. The standard InChI is InChI=1S/C45H43N3O7S/c1-2-52-40(50)27-47-44(51)46-26-31-10-9-15-37(24-31)32-20-22-36(23-21-32)43-53-38(25-39(54-43)33-18-16-30(28-49)17-19-33)29-56-45-48-41(34-11-5-3-6-12-34)42(55-45)35-13-7-4-8-14-35/h3-24,38-39,43,49H,2,25-29H2,1H3,(H2,46,47,51). The van der Waals surface area contributed by atoms with Crippen LogP contribution < -0.4 is 10.6 Å². The normalized spacial score (nSPS) is 16.6. The van der Waals surface area contributed by atoms with Crippen LogP contribution in [-0.4, -0.2) is 47.1 Å². The molecule has 0 aliphatic carbocycles. The van der Waals surface area contributed by atoms with E-state index in [9.17, 15) is 14.7 Å². The highest BCUT2D eigenvalue weighted by Crippen LogP contribution is 2.41. The first-order chi connectivity index (χ1) is 27.4. The molecule has 1 saturated heterocycles. The van der Waals surface area contributed by atoms with Crippen molar-refractivity contribution in [2.24, 2.45) is 0 Å². The number of nitrogens with zero attached hydrogens (tertiary/aromatic N) is 1. The van der Waals surface area contributed by atoms with Gasteiger partial charge in [-0.2, -0.15) is 0 Å². The lowest BCUT2D eigenvalue weighted by Crippen LogP contribution is -2.38. The molecular weight excluding hydrogens is 727 g/mol. The van der Waals surface area contributed by atoms with Gasteiger partial charge in [0, 0.05) is 35.4 Å². The van der Waals surface area contributed by atoms with Crippen LogP contribution in [0.5, 0.6) is 0 Å². The molecule has 1 aromatic heterocycles. The Balaban J connectivity index is 1.06. The van der Waals surface area contributed by atoms with Gasteiger partial charge < -0.3 is 34.4 Å². The lowest BCUT2D eigenvalue weighted by molar-refractivity contribution is -0.245. The Kier molecular flexibility index (Phi) is 12.9. The molecule has 1 fully saturated rings. The third kappa shape index (κ3) is 9.92. The highest BCUT2D eigenvalue weighted by atomic mass is 32.2. The summed E-state index contributed by atoms with van der Waals surface area (Å²) in [5, 5.41) is 15.5. The van der Waals surface area contributed by atoms with Crippen molar-refractivity contribution in [2.45, 2.75) is 50.2 Å². The topological polar surface area (TPSA) is 132 Å². The monoisotopic (exact) mass is 769 g/mol. The maximum Gasteiger partial charge on any atom is 0.325 e. The molecule has 11 heteroatoms. The number of thioether (sulfide) groups is 1. The fourth-order valence-corrected chi connectivity index (χ4v) is 7.27. The molecule has 2 heterocycles. The zero-order valence-corrected chi connectivity index (χ0v) is 31.7. The van der Waals surface area contributed by atoms with Crippen LogP contribution in [0.3, 0.4) is 0 Å². The van der Waals surface area contributed by atoms with Gasteiger partial charge in [0.25, 0.3) is 5.22 Å². The third-order valence-electron chi connectivity index (χ3n) is 9.29. The minimum Gasteiger partial charge on any atom is -0.465 e. The van der Waals surface area contributed by atoms with Gasteiger partial charge in [-0.15, -0.1) is 0 Å². The molecule has 0 spiro atoms. The van der Waals surface area contributed by atoms with E-state index in [1.807, 2.05) is 133 Å². The van der Waals surface area contributed by atoms with E-state index >= 15 is 0 Å². The van der Waals surface area contributed by atoms with E-state index in [2.05, 4.69) is 10.6 Å². The number of urea groups is 1. The fourth-order valence-electron chi connectivity index (χ4n) is 6.43. The fraction of sp³-hybridized carbons (Fsp3) is 0.222. The van der Waals surface area contributed by atoms with E-state index in [0.717, 1.165) is 56.0 Å². The van der Waals surface area contributed by atoms with E-state index < -0.39 is 18.3 Å². The van der Waals surface area contributed by atoms with Crippen molar-refractivity contribution >= 4 is 23.8 Å². The van der Waals surface area contributed by atoms with E-state index in [-0.39, 0.29) is 32.0 Å². The number of aliphatic hydroxyl groups excluding tert-OH is 1. The Morgan fingerprint density at radius 1 is 0.768 bits per heavy atom. The molecule has 7 rings (SSSR count). The average molecular weight is 770 g/mol. The molecule has 1 aliphatic rings. The van der Waals surface area contributed by atoms with Crippen molar-refractivity contribution in [1.82, 2.24) is 15.6 Å². The number of oxazole rings is 1. The molecule has 1 aliphatic heterocycles. The van der Waals surface area contributed by atoms with Gasteiger partial charge in [0.1, 0.15) is 12.2 Å². The Morgan fingerprint density at radius 2 is 1.46 bits per heavy atom. The number of carbonyl (C=O) groups excluding carboxylic acids is 2. The summed E-state index contributed by atoms with van der Waals surface area (Å²) in [5.74, 6) is 0.832. The first-order valence-electron chi connectivity index (χ1n) is 18.6. The predicted octanol–water partition coefficient (Wildman–Crippen LogP) is 8.87. The Labute approximate surface area is 330 Å². The molecule has 2 amide bonds. The molecule has 5 aromatic carbocycles. The second-order valence-corrected chi connectivity index (χ2v) is 14.2. The second-order valence-electron chi connectivity index (χ2n) is 13.2. The van der Waals surface area contributed by atoms with Crippen LogP contribution in [0.4, 0.5) is 4.79 Å². The zero-order chi connectivity index (χ0) is 38.7. The largest absolute Gasteiger partial charge is 0.465 e. The summed E-state index contributed by atoms with van der Waals surface area (Å²) in [6.45, 7) is 2.05. The smallest absolute Gasteiger partial charge is 0.325 e. The first-order valence-corrected chi connectivity index (χ1v) is 19.6. The number of esters is 1. The molecule has 0 radical (unpaired) electrons. The Morgan fingerprint density at radius 3 is 2.18 bits per heavy atom. The van der Waals surface area contributed by atoms with Gasteiger partial charge in [0.2, 0.25) is 0 Å². The Hall–Kier alpha value is -5.72. The number of aliphatic hydroxyl groups is 1. The van der Waals surface area contributed by atoms with E-state index in [0.29, 0.717) is 23.9 Å². The first kappa shape index (κ1) is 38.6. The number of hydrogen-bond acceptors (Lipinski definition) is 9. The summed E-state index contributed by atoms with van der Waals surface area (Å²) in [6, 6.07) is 43.5. The van der Waals surface area contributed by atoms with Gasteiger partial charge in [0.05, 0.1) is 25.4 Å². The number of benzene rings is 5. The number of amides is 2. The molecule has 3 unspecified atom stereocenters. The van der Waals surface area contributed by atoms with Crippen LogP contribution in [0.15, 0.2) is 143 Å². The van der Waals surface area contributed by atoms with Crippen LogP contribution in [0.1, 0.15) is 48.0 Å². The molecule has 286 valence electrons. The van der Waals surface area contributed by atoms with Gasteiger partial charge >= 0.3 is 12.0 Å². The van der Waals surface area contributed by atoms with Crippen molar-refractivity contribution in [2.75, 3.05) is 18.9 Å². The molecule has 0 bridgehead atoms. The summed E-state index contributed by atoms with van der Waals surface area (Å²) >= 11 is 1.52. The Bertz CT molecular complexity index is 2140. The minimum atomic E-state index is -0.626. The van der Waals surface area contributed by atoms with Gasteiger partial charge in [-0.1, -0.05) is 139 Å². The summed E-state index contributed by atoms with van der Waals surface area (Å²) in [6.07, 6.45) is -0.431. The van der Waals surface area contributed by atoms with Gasteiger partial charge in [0.15, 0.2) is 12.1 Å². The quantitative estimate of drug-likeness (QED) is 0.0734. The number of hydrogen-bond donors (Lipinski definition) is 3. The van der Waals surface area contributed by atoms with Crippen molar-refractivity contribution in [3.8, 4) is 33.7 Å². The van der Waals surface area contributed by atoms with Crippen molar-refractivity contribution < 1.29 is 33.3 Å². The van der Waals surface area contributed by atoms with Gasteiger partial charge in [-0.05, 0) is 40.8 Å². The average Bonchev–Trinajstić information content (AvgIpc) is 3.69. The SMILES string of the molecule is CCOC(=O)CNC(=O)NCc1cccc(-c2ccc(C3OC(CSc4nc(-c5ccccc5)c(-c5ccccc5)o4)CC(c4ccc(CO)cc4)O3)cc2)c1. The number of nitrogens with one attached hydrogen (secondary N) is 2.